The van der Waals surface area contributed by atoms with Crippen LogP contribution in [0.25, 0.3) is 0 Å². The van der Waals surface area contributed by atoms with E-state index in [9.17, 15) is 21.6 Å². The van der Waals surface area contributed by atoms with Gasteiger partial charge in [0.05, 0.1) is 9.79 Å². The Labute approximate surface area is 206 Å². The van der Waals surface area contributed by atoms with Gasteiger partial charge in [-0.15, -0.1) is 0 Å². The molecular weight excluding hydrogens is 486 g/mol. The van der Waals surface area contributed by atoms with Gasteiger partial charge >= 0.3 is 0 Å². The van der Waals surface area contributed by atoms with Crippen LogP contribution in [0.2, 0.25) is 0 Å². The van der Waals surface area contributed by atoms with Crippen LogP contribution in [-0.2, 0) is 26.5 Å². The van der Waals surface area contributed by atoms with Gasteiger partial charge in [-0.05, 0) is 67.3 Å². The lowest BCUT2D eigenvalue weighted by Gasteiger charge is -2.16. The lowest BCUT2D eigenvalue weighted by Crippen LogP contribution is -2.28. The number of benzene rings is 3. The molecule has 4 rings (SSSR count). The Morgan fingerprint density at radius 2 is 1.49 bits per heavy atom. The Bertz CT molecular complexity index is 1380. The number of sulfonamides is 2. The number of nitrogens with one attached hydrogen (secondary N) is 2. The highest BCUT2D eigenvalue weighted by Crippen LogP contribution is 2.22. The van der Waals surface area contributed by atoms with E-state index in [1.54, 1.807) is 0 Å². The molecule has 0 spiro atoms. The average molecular weight is 514 g/mol. The summed E-state index contributed by atoms with van der Waals surface area (Å²) in [6, 6.07) is 21.3. The summed E-state index contributed by atoms with van der Waals surface area (Å²) in [5.74, 6) is -0.486. The summed E-state index contributed by atoms with van der Waals surface area (Å²) in [7, 11) is -7.33. The lowest BCUT2D eigenvalue weighted by molar-refractivity contribution is 0.102. The first kappa shape index (κ1) is 25.1. The molecule has 3 aromatic rings. The molecule has 184 valence electrons. The van der Waals surface area contributed by atoms with Crippen LogP contribution in [-0.4, -0.2) is 46.7 Å². The zero-order valence-electron chi connectivity index (χ0n) is 19.1. The first-order valence-corrected chi connectivity index (χ1v) is 14.2. The van der Waals surface area contributed by atoms with Crippen LogP contribution in [0.1, 0.15) is 28.8 Å². The van der Waals surface area contributed by atoms with Crippen molar-refractivity contribution in [3.05, 3.63) is 90.0 Å². The second-order valence-electron chi connectivity index (χ2n) is 8.25. The van der Waals surface area contributed by atoms with E-state index in [0.29, 0.717) is 25.2 Å². The molecule has 1 heterocycles. The topological polar surface area (TPSA) is 113 Å². The van der Waals surface area contributed by atoms with Crippen LogP contribution in [0, 0.1) is 0 Å². The molecule has 1 amide bonds. The monoisotopic (exact) mass is 513 g/mol. The number of amides is 1. The summed E-state index contributed by atoms with van der Waals surface area (Å²) in [6.07, 6.45) is 2.22. The summed E-state index contributed by atoms with van der Waals surface area (Å²) in [6.45, 7) is 1.23. The lowest BCUT2D eigenvalue weighted by atomic mass is 10.2. The number of rotatable bonds is 9. The number of anilines is 1. The van der Waals surface area contributed by atoms with E-state index >= 15 is 0 Å². The molecule has 1 saturated heterocycles. The van der Waals surface area contributed by atoms with E-state index in [2.05, 4.69) is 10.0 Å². The zero-order chi connectivity index (χ0) is 24.9. The van der Waals surface area contributed by atoms with Gasteiger partial charge in [0, 0.05) is 30.9 Å². The van der Waals surface area contributed by atoms with Gasteiger partial charge in [-0.3, -0.25) is 4.79 Å². The summed E-state index contributed by atoms with van der Waals surface area (Å²) < 4.78 is 54.7. The first-order valence-electron chi connectivity index (χ1n) is 11.3. The van der Waals surface area contributed by atoms with Crippen molar-refractivity contribution in [1.29, 1.82) is 0 Å². The smallest absolute Gasteiger partial charge is 0.255 e. The Morgan fingerprint density at radius 3 is 2.17 bits per heavy atom. The predicted octanol–water partition coefficient (Wildman–Crippen LogP) is 3.24. The van der Waals surface area contributed by atoms with E-state index in [0.717, 1.165) is 18.4 Å². The van der Waals surface area contributed by atoms with Crippen LogP contribution in [0.3, 0.4) is 0 Å². The van der Waals surface area contributed by atoms with Crippen molar-refractivity contribution in [2.75, 3.05) is 25.0 Å². The minimum absolute atomic E-state index is 0.0788. The maximum absolute atomic E-state index is 12.8. The molecular formula is C25H27N3O5S2. The van der Waals surface area contributed by atoms with Gasteiger partial charge in [0.2, 0.25) is 20.0 Å². The second kappa shape index (κ2) is 10.7. The van der Waals surface area contributed by atoms with Crippen molar-refractivity contribution in [2.45, 2.75) is 29.1 Å². The molecule has 1 aliphatic heterocycles. The van der Waals surface area contributed by atoms with Crippen LogP contribution in [0.5, 0.6) is 0 Å². The van der Waals surface area contributed by atoms with Gasteiger partial charge in [0.1, 0.15) is 0 Å². The van der Waals surface area contributed by atoms with E-state index in [1.165, 1.54) is 52.8 Å². The van der Waals surface area contributed by atoms with E-state index in [1.807, 2.05) is 30.3 Å². The molecule has 35 heavy (non-hydrogen) atoms. The normalized spacial score (nSPS) is 14.6. The summed E-state index contributed by atoms with van der Waals surface area (Å²) in [5.41, 5.74) is 1.63. The van der Waals surface area contributed by atoms with Crippen molar-refractivity contribution in [1.82, 2.24) is 9.03 Å². The fourth-order valence-corrected chi connectivity index (χ4v) is 6.45. The Kier molecular flexibility index (Phi) is 7.66. The van der Waals surface area contributed by atoms with Crippen molar-refractivity contribution in [2.24, 2.45) is 0 Å². The number of carbonyl (C=O) groups is 1. The fourth-order valence-electron chi connectivity index (χ4n) is 3.85. The van der Waals surface area contributed by atoms with E-state index in [4.69, 9.17) is 0 Å². The summed E-state index contributed by atoms with van der Waals surface area (Å²) in [5, 5.41) is 2.69. The molecule has 2 N–H and O–H groups in total. The number of carbonyl (C=O) groups excluding carboxylic acids is 1. The SMILES string of the molecule is O=C(Nc1ccc(S(=O)(=O)NCCc2ccccc2)cc1)c1cccc(S(=O)(=O)N2CCCC2)c1. The third kappa shape index (κ3) is 6.15. The summed E-state index contributed by atoms with van der Waals surface area (Å²) >= 11 is 0. The van der Waals surface area contributed by atoms with Crippen molar-refractivity contribution in [3.8, 4) is 0 Å². The fraction of sp³-hybridized carbons (Fsp3) is 0.240. The highest BCUT2D eigenvalue weighted by atomic mass is 32.2. The molecule has 0 aliphatic carbocycles. The Morgan fingerprint density at radius 1 is 0.800 bits per heavy atom. The second-order valence-corrected chi connectivity index (χ2v) is 12.0. The third-order valence-corrected chi connectivity index (χ3v) is 9.14. The van der Waals surface area contributed by atoms with Gasteiger partial charge in [0.15, 0.2) is 0 Å². The molecule has 10 heteroatoms. The van der Waals surface area contributed by atoms with Crippen molar-refractivity contribution >= 4 is 31.6 Å². The number of hydrogen-bond donors (Lipinski definition) is 2. The van der Waals surface area contributed by atoms with Crippen molar-refractivity contribution < 1.29 is 21.6 Å². The predicted molar refractivity (Wildman–Crippen MR) is 134 cm³/mol. The molecule has 0 unspecified atom stereocenters. The molecule has 1 fully saturated rings. The Balaban J connectivity index is 1.39. The molecule has 0 aromatic heterocycles. The molecule has 8 nitrogen and oxygen atoms in total. The summed E-state index contributed by atoms with van der Waals surface area (Å²) in [4.78, 5) is 12.9. The van der Waals surface area contributed by atoms with Gasteiger partial charge in [-0.2, -0.15) is 4.31 Å². The standard InChI is InChI=1S/C25H27N3O5S2/c29-25(21-9-6-10-24(19-21)35(32,33)28-17-4-5-18-28)27-22-11-13-23(14-12-22)34(30,31)26-16-15-20-7-2-1-3-8-20/h1-3,6-14,19,26H,4-5,15-18H2,(H,27,29). The molecule has 0 bridgehead atoms. The molecule has 0 radical (unpaired) electrons. The molecule has 0 atom stereocenters. The first-order chi connectivity index (χ1) is 16.8. The van der Waals surface area contributed by atoms with Crippen LogP contribution in [0.4, 0.5) is 5.69 Å². The number of hydrogen-bond acceptors (Lipinski definition) is 5. The molecule has 0 saturated carbocycles. The highest BCUT2D eigenvalue weighted by molar-refractivity contribution is 7.89. The van der Waals surface area contributed by atoms with Gasteiger partial charge in [-0.1, -0.05) is 36.4 Å². The van der Waals surface area contributed by atoms with Crippen LogP contribution in [0.15, 0.2) is 88.7 Å². The Hall–Kier alpha value is -3.05. The minimum Gasteiger partial charge on any atom is -0.322 e. The average Bonchev–Trinajstić information content (AvgIpc) is 3.41. The minimum atomic E-state index is -3.69. The van der Waals surface area contributed by atoms with Gasteiger partial charge in [-0.25, -0.2) is 21.6 Å². The van der Waals surface area contributed by atoms with Crippen molar-refractivity contribution in [3.63, 3.8) is 0 Å². The third-order valence-electron chi connectivity index (χ3n) is 5.77. The van der Waals surface area contributed by atoms with E-state index in [-0.39, 0.29) is 21.9 Å². The molecule has 1 aliphatic rings. The van der Waals surface area contributed by atoms with Crippen LogP contribution < -0.4 is 10.0 Å². The van der Waals surface area contributed by atoms with Gasteiger partial charge < -0.3 is 5.32 Å². The molecule has 3 aromatic carbocycles. The van der Waals surface area contributed by atoms with Gasteiger partial charge in [0.25, 0.3) is 5.91 Å². The van der Waals surface area contributed by atoms with E-state index < -0.39 is 26.0 Å². The maximum Gasteiger partial charge on any atom is 0.255 e. The largest absolute Gasteiger partial charge is 0.322 e. The zero-order valence-corrected chi connectivity index (χ0v) is 20.7. The highest BCUT2D eigenvalue weighted by Gasteiger charge is 2.27. The quantitative estimate of drug-likeness (QED) is 0.456. The number of nitrogens with zero attached hydrogens (tertiary/aromatic N) is 1. The maximum atomic E-state index is 12.8. The van der Waals surface area contributed by atoms with Crippen LogP contribution >= 0.6 is 0 Å².